The number of hydrogen-bond acceptors (Lipinski definition) is 3. The van der Waals surface area contributed by atoms with E-state index in [2.05, 4.69) is 5.32 Å². The number of aliphatic hydroxyl groups is 1. The molecule has 0 spiro atoms. The molecule has 0 bridgehead atoms. The van der Waals surface area contributed by atoms with Crippen LogP contribution in [0, 0.1) is 5.92 Å². The molecule has 0 radical (unpaired) electrons. The number of aliphatic hydroxyl groups excluding tert-OH is 1. The monoisotopic (exact) mass is 446 g/mol. The van der Waals surface area contributed by atoms with Gasteiger partial charge in [0.2, 0.25) is 0 Å². The fourth-order valence-electron chi connectivity index (χ4n) is 4.62. The van der Waals surface area contributed by atoms with Crippen LogP contribution in [-0.2, 0) is 0 Å². The number of amides is 2. The lowest BCUT2D eigenvalue weighted by molar-refractivity contribution is 0.00727. The van der Waals surface area contributed by atoms with Crippen molar-refractivity contribution in [2.24, 2.45) is 5.92 Å². The molecule has 2 aromatic rings. The van der Waals surface area contributed by atoms with E-state index in [-0.39, 0.29) is 29.0 Å². The number of anilines is 1. The zero-order chi connectivity index (χ0) is 21.3. The van der Waals surface area contributed by atoms with Crippen molar-refractivity contribution < 1.29 is 14.7 Å². The Morgan fingerprint density at radius 2 is 1.80 bits per heavy atom. The zero-order valence-corrected chi connectivity index (χ0v) is 18.0. The Balaban J connectivity index is 1.44. The summed E-state index contributed by atoms with van der Waals surface area (Å²) >= 11 is 12.0. The van der Waals surface area contributed by atoms with E-state index < -0.39 is 0 Å². The molecule has 7 heteroatoms. The first kappa shape index (κ1) is 21.2. The van der Waals surface area contributed by atoms with Gasteiger partial charge in [-0.05, 0) is 80.5 Å². The van der Waals surface area contributed by atoms with Crippen LogP contribution in [0.3, 0.4) is 0 Å². The van der Waals surface area contributed by atoms with Crippen molar-refractivity contribution in [1.29, 1.82) is 0 Å². The van der Waals surface area contributed by atoms with Gasteiger partial charge in [-0.25, -0.2) is 0 Å². The second-order valence-electron chi connectivity index (χ2n) is 8.09. The number of hydrogen-bond donors (Lipinski definition) is 2. The molecule has 2 fully saturated rings. The summed E-state index contributed by atoms with van der Waals surface area (Å²) < 4.78 is 0. The van der Waals surface area contributed by atoms with Gasteiger partial charge in [0, 0.05) is 28.9 Å². The summed E-state index contributed by atoms with van der Waals surface area (Å²) in [6.45, 7) is 0.754. The number of likely N-dealkylation sites (tertiary alicyclic amines) is 1. The lowest BCUT2D eigenvalue weighted by Gasteiger charge is -2.45. The molecule has 2 aromatic carbocycles. The molecule has 2 aliphatic rings. The summed E-state index contributed by atoms with van der Waals surface area (Å²) in [6, 6.07) is 11.8. The van der Waals surface area contributed by atoms with E-state index in [4.69, 9.17) is 23.2 Å². The fourth-order valence-corrected chi connectivity index (χ4v) is 5.11. The molecule has 158 valence electrons. The average Bonchev–Trinajstić information content (AvgIpc) is 2.73. The summed E-state index contributed by atoms with van der Waals surface area (Å²) in [5.41, 5.74) is 1.52. The molecule has 1 heterocycles. The van der Waals surface area contributed by atoms with Crippen LogP contribution in [0.5, 0.6) is 0 Å². The first-order valence-corrected chi connectivity index (χ1v) is 11.0. The summed E-state index contributed by atoms with van der Waals surface area (Å²) in [5.74, 6) is 0.0595. The smallest absolute Gasteiger partial charge is 0.257 e. The summed E-state index contributed by atoms with van der Waals surface area (Å²) in [6.07, 6.45) is 4.20. The molecule has 1 aliphatic heterocycles. The van der Waals surface area contributed by atoms with Crippen molar-refractivity contribution in [3.63, 3.8) is 0 Å². The third kappa shape index (κ3) is 4.48. The highest BCUT2D eigenvalue weighted by molar-refractivity contribution is 6.37. The predicted molar refractivity (Wildman–Crippen MR) is 118 cm³/mol. The number of carbonyl (C=O) groups is 2. The Labute approximate surface area is 186 Å². The topological polar surface area (TPSA) is 69.6 Å². The number of halogens is 2. The molecular formula is C23H24Cl2N2O3. The molecule has 1 saturated heterocycles. The van der Waals surface area contributed by atoms with Crippen molar-refractivity contribution in [2.45, 2.75) is 44.2 Å². The second kappa shape index (κ2) is 8.96. The van der Waals surface area contributed by atoms with Gasteiger partial charge in [-0.2, -0.15) is 0 Å². The lowest BCUT2D eigenvalue weighted by atomic mass is 9.77. The highest BCUT2D eigenvalue weighted by atomic mass is 35.5. The van der Waals surface area contributed by atoms with Crippen LogP contribution < -0.4 is 5.32 Å². The van der Waals surface area contributed by atoms with Gasteiger partial charge < -0.3 is 15.3 Å². The number of carbonyl (C=O) groups excluding carboxylic acids is 2. The van der Waals surface area contributed by atoms with E-state index in [1.54, 1.807) is 36.4 Å². The standard InChI is InChI=1S/C23H24Cl2N2O3/c24-16-5-9-19(20(25)13-16)22(29)26-17-6-3-14(4-7-17)23(30)27-11-1-2-15-12-18(28)8-10-21(15)27/h3-7,9,13,15,18,21,28H,1-2,8,10-12H2,(H,26,29)/t15-,18?,21-/m0/s1. The van der Waals surface area contributed by atoms with Gasteiger partial charge in [0.1, 0.15) is 0 Å². The Morgan fingerprint density at radius 3 is 2.53 bits per heavy atom. The van der Waals surface area contributed by atoms with Gasteiger partial charge in [-0.1, -0.05) is 23.2 Å². The number of rotatable bonds is 3. The Bertz CT molecular complexity index is 948. The molecule has 3 atom stereocenters. The van der Waals surface area contributed by atoms with Gasteiger partial charge in [0.05, 0.1) is 16.7 Å². The fraction of sp³-hybridized carbons (Fsp3) is 0.391. The molecule has 30 heavy (non-hydrogen) atoms. The minimum absolute atomic E-state index is 0.0136. The van der Waals surface area contributed by atoms with Crippen LogP contribution in [0.15, 0.2) is 42.5 Å². The zero-order valence-electron chi connectivity index (χ0n) is 16.5. The minimum atomic E-state index is -0.338. The Morgan fingerprint density at radius 1 is 1.03 bits per heavy atom. The first-order chi connectivity index (χ1) is 14.4. The van der Waals surface area contributed by atoms with Crippen molar-refractivity contribution in [3.8, 4) is 0 Å². The first-order valence-electron chi connectivity index (χ1n) is 10.3. The van der Waals surface area contributed by atoms with Crippen LogP contribution in [0.2, 0.25) is 10.0 Å². The van der Waals surface area contributed by atoms with Crippen LogP contribution in [0.25, 0.3) is 0 Å². The van der Waals surface area contributed by atoms with Gasteiger partial charge >= 0.3 is 0 Å². The number of nitrogens with one attached hydrogen (secondary N) is 1. The third-order valence-electron chi connectivity index (χ3n) is 6.12. The van der Waals surface area contributed by atoms with Crippen LogP contribution in [0.1, 0.15) is 52.8 Å². The van der Waals surface area contributed by atoms with Gasteiger partial charge in [-0.3, -0.25) is 9.59 Å². The Hall–Kier alpha value is -2.08. The van der Waals surface area contributed by atoms with E-state index in [1.807, 2.05) is 4.90 Å². The highest BCUT2D eigenvalue weighted by Gasteiger charge is 2.38. The van der Waals surface area contributed by atoms with Crippen molar-refractivity contribution in [2.75, 3.05) is 11.9 Å². The quantitative estimate of drug-likeness (QED) is 0.695. The maximum atomic E-state index is 13.1. The molecule has 1 aliphatic carbocycles. The summed E-state index contributed by atoms with van der Waals surface area (Å²) in [7, 11) is 0. The number of piperidine rings is 1. The molecule has 4 rings (SSSR count). The van der Waals surface area contributed by atoms with E-state index in [0.29, 0.717) is 27.8 Å². The lowest BCUT2D eigenvalue weighted by Crippen LogP contribution is -2.51. The second-order valence-corrected chi connectivity index (χ2v) is 8.93. The number of fused-ring (bicyclic) bond motifs is 1. The Kier molecular flexibility index (Phi) is 6.32. The number of benzene rings is 2. The minimum Gasteiger partial charge on any atom is -0.393 e. The third-order valence-corrected chi connectivity index (χ3v) is 6.66. The largest absolute Gasteiger partial charge is 0.393 e. The predicted octanol–water partition coefficient (Wildman–Crippen LogP) is 5.01. The van der Waals surface area contributed by atoms with E-state index in [1.165, 1.54) is 6.07 Å². The highest BCUT2D eigenvalue weighted by Crippen LogP contribution is 2.36. The maximum absolute atomic E-state index is 13.1. The van der Waals surface area contributed by atoms with E-state index in [9.17, 15) is 14.7 Å². The van der Waals surface area contributed by atoms with Crippen molar-refractivity contribution in [3.05, 3.63) is 63.6 Å². The molecule has 2 N–H and O–H groups in total. The van der Waals surface area contributed by atoms with Crippen molar-refractivity contribution in [1.82, 2.24) is 4.90 Å². The van der Waals surface area contributed by atoms with Crippen LogP contribution in [0.4, 0.5) is 5.69 Å². The molecule has 0 aromatic heterocycles. The number of nitrogens with zero attached hydrogens (tertiary/aromatic N) is 1. The van der Waals surface area contributed by atoms with Gasteiger partial charge in [0.25, 0.3) is 11.8 Å². The van der Waals surface area contributed by atoms with Crippen LogP contribution >= 0.6 is 23.2 Å². The molecular weight excluding hydrogens is 423 g/mol. The normalized spacial score (nSPS) is 23.6. The van der Waals surface area contributed by atoms with Crippen LogP contribution in [-0.4, -0.2) is 40.5 Å². The van der Waals surface area contributed by atoms with E-state index in [0.717, 1.165) is 38.6 Å². The van der Waals surface area contributed by atoms with Gasteiger partial charge in [-0.15, -0.1) is 0 Å². The SMILES string of the molecule is O=C(Nc1ccc(C(=O)N2CCC[C@H]3CC(O)CC[C@@H]32)cc1)c1ccc(Cl)cc1Cl. The van der Waals surface area contributed by atoms with Gasteiger partial charge in [0.15, 0.2) is 0 Å². The summed E-state index contributed by atoms with van der Waals surface area (Å²) in [5, 5.41) is 13.5. The molecule has 1 unspecified atom stereocenters. The molecule has 5 nitrogen and oxygen atoms in total. The molecule has 2 amide bonds. The molecule has 1 saturated carbocycles. The van der Waals surface area contributed by atoms with Crippen molar-refractivity contribution >= 4 is 40.7 Å². The van der Waals surface area contributed by atoms with E-state index >= 15 is 0 Å². The average molecular weight is 447 g/mol. The summed E-state index contributed by atoms with van der Waals surface area (Å²) in [4.78, 5) is 27.5. The maximum Gasteiger partial charge on any atom is 0.257 e.